The van der Waals surface area contributed by atoms with Crippen LogP contribution in [0, 0.1) is 6.92 Å². The topological polar surface area (TPSA) is 45.9 Å². The van der Waals surface area contributed by atoms with E-state index in [9.17, 15) is 4.79 Å². The number of benzene rings is 1. The lowest BCUT2D eigenvalue weighted by molar-refractivity contribution is 0.0886. The molecule has 1 fully saturated rings. The van der Waals surface area contributed by atoms with Crippen molar-refractivity contribution in [3.63, 3.8) is 0 Å². The number of carbonyl (C=O) groups excluding carboxylic acids is 1. The van der Waals surface area contributed by atoms with Crippen LogP contribution in [0.1, 0.15) is 15.9 Å². The molecular formula is C14H13N3O. The van der Waals surface area contributed by atoms with E-state index in [2.05, 4.69) is 9.97 Å². The molecule has 1 saturated heterocycles. The molecule has 2 heterocycles. The summed E-state index contributed by atoms with van der Waals surface area (Å²) in [6, 6.07) is 7.57. The van der Waals surface area contributed by atoms with Gasteiger partial charge in [0, 0.05) is 31.0 Å². The number of hydrogen-bond donors (Lipinski definition) is 0. The van der Waals surface area contributed by atoms with E-state index < -0.39 is 0 Å². The van der Waals surface area contributed by atoms with Crippen LogP contribution in [0.5, 0.6) is 0 Å². The third kappa shape index (κ3) is 1.97. The molecule has 90 valence electrons. The summed E-state index contributed by atoms with van der Waals surface area (Å²) in [6.45, 7) is 3.68. The molecule has 1 aliphatic heterocycles. The molecule has 0 spiro atoms. The molecule has 2 aromatic rings. The predicted octanol–water partition coefficient (Wildman–Crippen LogP) is 1.91. The van der Waals surface area contributed by atoms with Gasteiger partial charge in [0.15, 0.2) is 5.82 Å². The first-order valence-corrected chi connectivity index (χ1v) is 5.93. The Morgan fingerprint density at radius 1 is 1.22 bits per heavy atom. The van der Waals surface area contributed by atoms with Gasteiger partial charge in [-0.25, -0.2) is 9.97 Å². The van der Waals surface area contributed by atoms with Gasteiger partial charge in [-0.1, -0.05) is 17.7 Å². The van der Waals surface area contributed by atoms with Gasteiger partial charge in [0.25, 0.3) is 5.91 Å². The number of rotatable bonds is 2. The standard InChI is InChI=1S/C14H13N3O/c1-10-3-4-11(13-15-5-2-6-16-13)12(9-10)14(18)17-7-8-17/h2-6,9H,7-8H2,1H3. The van der Waals surface area contributed by atoms with E-state index in [1.807, 2.05) is 25.1 Å². The Labute approximate surface area is 105 Å². The minimum atomic E-state index is 0.0705. The van der Waals surface area contributed by atoms with E-state index in [0.717, 1.165) is 24.2 Å². The van der Waals surface area contributed by atoms with Crippen LogP contribution in [-0.4, -0.2) is 33.9 Å². The molecular weight excluding hydrogens is 226 g/mol. The molecule has 0 saturated carbocycles. The van der Waals surface area contributed by atoms with Crippen molar-refractivity contribution in [1.82, 2.24) is 14.9 Å². The van der Waals surface area contributed by atoms with Crippen molar-refractivity contribution in [3.8, 4) is 11.4 Å². The molecule has 0 bridgehead atoms. The summed E-state index contributed by atoms with van der Waals surface area (Å²) in [7, 11) is 0. The van der Waals surface area contributed by atoms with E-state index in [1.165, 1.54) is 0 Å². The molecule has 1 aromatic carbocycles. The van der Waals surface area contributed by atoms with Crippen LogP contribution < -0.4 is 0 Å². The second-order valence-electron chi connectivity index (χ2n) is 4.41. The van der Waals surface area contributed by atoms with Gasteiger partial charge >= 0.3 is 0 Å². The van der Waals surface area contributed by atoms with Gasteiger partial charge < -0.3 is 4.90 Å². The van der Waals surface area contributed by atoms with Crippen molar-refractivity contribution < 1.29 is 4.79 Å². The summed E-state index contributed by atoms with van der Waals surface area (Å²) < 4.78 is 0. The number of carbonyl (C=O) groups is 1. The predicted molar refractivity (Wildman–Crippen MR) is 68.1 cm³/mol. The fourth-order valence-corrected chi connectivity index (χ4v) is 1.89. The average Bonchev–Trinajstić information content (AvgIpc) is 3.23. The van der Waals surface area contributed by atoms with E-state index in [0.29, 0.717) is 11.4 Å². The zero-order valence-electron chi connectivity index (χ0n) is 10.1. The number of amides is 1. The third-order valence-corrected chi connectivity index (χ3v) is 2.95. The first-order chi connectivity index (χ1) is 8.75. The Balaban J connectivity index is 2.11. The van der Waals surface area contributed by atoms with Gasteiger partial charge in [0.05, 0.1) is 5.56 Å². The van der Waals surface area contributed by atoms with E-state index >= 15 is 0 Å². The maximum Gasteiger partial charge on any atom is 0.254 e. The third-order valence-electron chi connectivity index (χ3n) is 2.95. The molecule has 1 aliphatic rings. The van der Waals surface area contributed by atoms with Gasteiger partial charge in [0.2, 0.25) is 0 Å². The Morgan fingerprint density at radius 3 is 2.61 bits per heavy atom. The molecule has 0 unspecified atom stereocenters. The van der Waals surface area contributed by atoms with Crippen LogP contribution in [-0.2, 0) is 0 Å². The van der Waals surface area contributed by atoms with Gasteiger partial charge in [0.1, 0.15) is 0 Å². The zero-order valence-corrected chi connectivity index (χ0v) is 10.1. The van der Waals surface area contributed by atoms with Crippen LogP contribution in [0.15, 0.2) is 36.7 Å². The molecule has 0 aliphatic carbocycles. The smallest absolute Gasteiger partial charge is 0.254 e. The van der Waals surface area contributed by atoms with Crippen molar-refractivity contribution in [2.45, 2.75) is 6.92 Å². The second-order valence-corrected chi connectivity index (χ2v) is 4.41. The second kappa shape index (κ2) is 4.22. The molecule has 0 N–H and O–H groups in total. The molecule has 0 atom stereocenters. The monoisotopic (exact) mass is 239 g/mol. The first-order valence-electron chi connectivity index (χ1n) is 5.93. The molecule has 18 heavy (non-hydrogen) atoms. The minimum Gasteiger partial charge on any atom is -0.335 e. The molecule has 0 radical (unpaired) electrons. The SMILES string of the molecule is Cc1ccc(-c2ncccn2)c(C(=O)N2CC2)c1. The number of aromatic nitrogens is 2. The van der Waals surface area contributed by atoms with Crippen LogP contribution in [0.2, 0.25) is 0 Å². The van der Waals surface area contributed by atoms with Crippen LogP contribution in [0.25, 0.3) is 11.4 Å². The van der Waals surface area contributed by atoms with Crippen molar-refractivity contribution in [2.75, 3.05) is 13.1 Å². The van der Waals surface area contributed by atoms with E-state index in [-0.39, 0.29) is 5.91 Å². The van der Waals surface area contributed by atoms with Crippen molar-refractivity contribution >= 4 is 5.91 Å². The highest BCUT2D eigenvalue weighted by Crippen LogP contribution is 2.24. The Morgan fingerprint density at radius 2 is 1.94 bits per heavy atom. The summed E-state index contributed by atoms with van der Waals surface area (Å²) in [4.78, 5) is 22.5. The lowest BCUT2D eigenvalue weighted by Gasteiger charge is -2.09. The Bertz CT molecular complexity index is 591. The van der Waals surface area contributed by atoms with Crippen LogP contribution >= 0.6 is 0 Å². The van der Waals surface area contributed by atoms with E-state index in [4.69, 9.17) is 0 Å². The minimum absolute atomic E-state index is 0.0705. The fourth-order valence-electron chi connectivity index (χ4n) is 1.89. The molecule has 4 nitrogen and oxygen atoms in total. The molecule has 4 heteroatoms. The molecule has 1 aromatic heterocycles. The van der Waals surface area contributed by atoms with Crippen LogP contribution in [0.4, 0.5) is 0 Å². The van der Waals surface area contributed by atoms with Crippen molar-refractivity contribution in [1.29, 1.82) is 0 Å². The number of hydrogen-bond acceptors (Lipinski definition) is 3. The van der Waals surface area contributed by atoms with Gasteiger partial charge in [-0.05, 0) is 19.1 Å². The van der Waals surface area contributed by atoms with Crippen molar-refractivity contribution in [2.24, 2.45) is 0 Å². The zero-order chi connectivity index (χ0) is 12.5. The Hall–Kier alpha value is -2.23. The van der Waals surface area contributed by atoms with Gasteiger partial charge in [-0.3, -0.25) is 4.79 Å². The molecule has 3 rings (SSSR count). The highest BCUT2D eigenvalue weighted by atomic mass is 16.2. The largest absolute Gasteiger partial charge is 0.335 e. The van der Waals surface area contributed by atoms with E-state index in [1.54, 1.807) is 23.4 Å². The summed E-state index contributed by atoms with van der Waals surface area (Å²) in [5.41, 5.74) is 2.57. The molecule has 1 amide bonds. The van der Waals surface area contributed by atoms with Crippen molar-refractivity contribution in [3.05, 3.63) is 47.8 Å². The number of nitrogens with zero attached hydrogens (tertiary/aromatic N) is 3. The lowest BCUT2D eigenvalue weighted by atomic mass is 10.0. The maximum absolute atomic E-state index is 12.2. The normalized spacial score (nSPS) is 13.5. The van der Waals surface area contributed by atoms with Crippen LogP contribution in [0.3, 0.4) is 0 Å². The Kier molecular flexibility index (Phi) is 2.55. The first kappa shape index (κ1) is 10.9. The summed E-state index contributed by atoms with van der Waals surface area (Å²) in [5.74, 6) is 0.670. The highest BCUT2D eigenvalue weighted by molar-refractivity contribution is 6.01. The lowest BCUT2D eigenvalue weighted by Crippen LogP contribution is -2.12. The summed E-state index contributed by atoms with van der Waals surface area (Å²) in [5, 5.41) is 0. The average molecular weight is 239 g/mol. The quantitative estimate of drug-likeness (QED) is 0.752. The maximum atomic E-state index is 12.2. The summed E-state index contributed by atoms with van der Waals surface area (Å²) >= 11 is 0. The van der Waals surface area contributed by atoms with Gasteiger partial charge in [-0.2, -0.15) is 0 Å². The van der Waals surface area contributed by atoms with Gasteiger partial charge in [-0.15, -0.1) is 0 Å². The summed E-state index contributed by atoms with van der Waals surface area (Å²) in [6.07, 6.45) is 3.38. The fraction of sp³-hybridized carbons (Fsp3) is 0.214. The number of aryl methyl sites for hydroxylation is 1. The highest BCUT2D eigenvalue weighted by Gasteiger charge is 2.27.